The van der Waals surface area contributed by atoms with Gasteiger partial charge in [-0.2, -0.15) is 0 Å². The second-order valence-electron chi connectivity index (χ2n) is 7.19. The number of carbonyl (C=O) groups is 1. The van der Waals surface area contributed by atoms with Gasteiger partial charge in [0.1, 0.15) is 12.9 Å². The molecule has 150 valence electrons. The van der Waals surface area contributed by atoms with Gasteiger partial charge in [-0.3, -0.25) is 4.79 Å². The molecule has 1 aliphatic rings. The van der Waals surface area contributed by atoms with Gasteiger partial charge in [-0.15, -0.1) is 0 Å². The number of piperidine rings is 1. The largest absolute Gasteiger partial charge is 0.493 e. The molecule has 2 aromatic rings. The lowest BCUT2D eigenvalue weighted by Gasteiger charge is -2.32. The van der Waals surface area contributed by atoms with Crippen molar-refractivity contribution in [2.45, 2.75) is 32.4 Å². The Morgan fingerprint density at radius 2 is 2.07 bits per heavy atom. The molecule has 2 heterocycles. The Bertz CT molecular complexity index is 793. The summed E-state index contributed by atoms with van der Waals surface area (Å²) in [5, 5.41) is 3.59. The second-order valence-corrected chi connectivity index (χ2v) is 7.19. The van der Waals surface area contributed by atoms with E-state index in [-0.39, 0.29) is 5.91 Å². The van der Waals surface area contributed by atoms with Crippen LogP contribution in [0.15, 0.2) is 53.4 Å². The van der Waals surface area contributed by atoms with Crippen LogP contribution in [0.25, 0.3) is 0 Å². The number of likely N-dealkylation sites (tertiary alicyclic amines) is 1. The van der Waals surface area contributed by atoms with E-state index >= 15 is 0 Å². The molecule has 1 aliphatic heterocycles. The number of hydrogen-bond acceptors (Lipinski definition) is 5. The highest BCUT2D eigenvalue weighted by Gasteiger charge is 2.23. The fourth-order valence-corrected chi connectivity index (χ4v) is 3.26. The van der Waals surface area contributed by atoms with E-state index in [2.05, 4.69) is 11.9 Å². The average molecular weight is 384 g/mol. The number of hydrogen-bond donors (Lipinski definition) is 1. The molecule has 0 bridgehead atoms. The highest BCUT2D eigenvalue weighted by molar-refractivity contribution is 5.93. The van der Waals surface area contributed by atoms with E-state index < -0.39 is 0 Å². The van der Waals surface area contributed by atoms with Gasteiger partial charge in [0, 0.05) is 25.7 Å². The van der Waals surface area contributed by atoms with E-state index in [4.69, 9.17) is 13.9 Å². The van der Waals surface area contributed by atoms with Crippen LogP contribution in [0.5, 0.6) is 11.5 Å². The van der Waals surface area contributed by atoms with Crippen LogP contribution < -0.4 is 14.8 Å². The summed E-state index contributed by atoms with van der Waals surface area (Å²) in [6.07, 6.45) is 4.89. The Labute approximate surface area is 166 Å². The highest BCUT2D eigenvalue weighted by atomic mass is 16.5. The quantitative estimate of drug-likeness (QED) is 0.704. The van der Waals surface area contributed by atoms with Crippen LogP contribution in [0.1, 0.15) is 35.7 Å². The Kier molecular flexibility index (Phi) is 6.76. The van der Waals surface area contributed by atoms with E-state index in [1.165, 1.54) is 12.5 Å². The highest BCUT2D eigenvalue weighted by Crippen LogP contribution is 2.28. The van der Waals surface area contributed by atoms with Gasteiger partial charge >= 0.3 is 0 Å². The molecule has 0 atom stereocenters. The first-order valence-corrected chi connectivity index (χ1v) is 9.55. The van der Waals surface area contributed by atoms with E-state index in [1.54, 1.807) is 13.2 Å². The SMILES string of the molecule is C=C(C)COc1cc(CNC2CCN(C(=O)c3ccoc3)CC2)ccc1OC. The van der Waals surface area contributed by atoms with Gasteiger partial charge in [0.15, 0.2) is 11.5 Å². The average Bonchev–Trinajstić information content (AvgIpc) is 3.25. The summed E-state index contributed by atoms with van der Waals surface area (Å²) in [6, 6.07) is 8.07. The van der Waals surface area contributed by atoms with E-state index in [0.717, 1.165) is 55.1 Å². The molecule has 1 saturated heterocycles. The van der Waals surface area contributed by atoms with Gasteiger partial charge in [-0.1, -0.05) is 12.6 Å². The summed E-state index contributed by atoms with van der Waals surface area (Å²) < 4.78 is 16.2. The molecule has 1 aromatic heterocycles. The van der Waals surface area contributed by atoms with Crippen LogP contribution >= 0.6 is 0 Å². The minimum atomic E-state index is 0.0432. The predicted molar refractivity (Wildman–Crippen MR) is 108 cm³/mol. The molecule has 1 N–H and O–H groups in total. The molecule has 0 spiro atoms. The van der Waals surface area contributed by atoms with Crippen molar-refractivity contribution in [1.29, 1.82) is 0 Å². The molecular formula is C22H28N2O4. The fourth-order valence-electron chi connectivity index (χ4n) is 3.26. The van der Waals surface area contributed by atoms with Gasteiger partial charge in [0.25, 0.3) is 5.91 Å². The molecule has 1 amide bonds. The molecule has 1 fully saturated rings. The van der Waals surface area contributed by atoms with Crippen molar-refractivity contribution < 1.29 is 18.7 Å². The van der Waals surface area contributed by atoms with Crippen molar-refractivity contribution in [3.8, 4) is 11.5 Å². The molecule has 0 aliphatic carbocycles. The van der Waals surface area contributed by atoms with Gasteiger partial charge in [0.05, 0.1) is 18.9 Å². The predicted octanol–water partition coefficient (Wildman–Crippen LogP) is 3.64. The third-order valence-corrected chi connectivity index (χ3v) is 4.85. The fraction of sp³-hybridized carbons (Fsp3) is 0.409. The first-order valence-electron chi connectivity index (χ1n) is 9.55. The van der Waals surface area contributed by atoms with E-state index in [9.17, 15) is 4.79 Å². The zero-order valence-electron chi connectivity index (χ0n) is 16.6. The zero-order valence-corrected chi connectivity index (χ0v) is 16.6. The second kappa shape index (κ2) is 9.46. The number of methoxy groups -OCH3 is 1. The summed E-state index contributed by atoms with van der Waals surface area (Å²) in [6.45, 7) is 8.51. The zero-order chi connectivity index (χ0) is 19.9. The summed E-state index contributed by atoms with van der Waals surface area (Å²) >= 11 is 0. The molecule has 28 heavy (non-hydrogen) atoms. The van der Waals surface area contributed by atoms with E-state index in [0.29, 0.717) is 18.2 Å². The number of nitrogens with zero attached hydrogens (tertiary/aromatic N) is 1. The smallest absolute Gasteiger partial charge is 0.257 e. The molecule has 6 nitrogen and oxygen atoms in total. The maximum Gasteiger partial charge on any atom is 0.257 e. The van der Waals surface area contributed by atoms with Crippen molar-refractivity contribution in [2.24, 2.45) is 0 Å². The molecule has 0 unspecified atom stereocenters. The van der Waals surface area contributed by atoms with E-state index in [1.807, 2.05) is 30.0 Å². The molecule has 1 aromatic carbocycles. The minimum absolute atomic E-state index is 0.0432. The Morgan fingerprint density at radius 3 is 2.71 bits per heavy atom. The van der Waals surface area contributed by atoms with Gasteiger partial charge in [-0.05, 0) is 49.1 Å². The molecule has 0 saturated carbocycles. The Morgan fingerprint density at radius 1 is 1.29 bits per heavy atom. The lowest BCUT2D eigenvalue weighted by atomic mass is 10.0. The third-order valence-electron chi connectivity index (χ3n) is 4.85. The lowest BCUT2D eigenvalue weighted by molar-refractivity contribution is 0.0704. The Hall–Kier alpha value is -2.73. The molecule has 3 rings (SSSR count). The monoisotopic (exact) mass is 384 g/mol. The van der Waals surface area contributed by atoms with Crippen molar-refractivity contribution in [3.63, 3.8) is 0 Å². The van der Waals surface area contributed by atoms with Crippen molar-refractivity contribution in [1.82, 2.24) is 10.2 Å². The van der Waals surface area contributed by atoms with Crippen LogP contribution in [-0.2, 0) is 6.54 Å². The van der Waals surface area contributed by atoms with Crippen LogP contribution in [-0.4, -0.2) is 43.7 Å². The number of furan rings is 1. The molecule has 6 heteroatoms. The maximum absolute atomic E-state index is 12.4. The normalized spacial score (nSPS) is 14.7. The van der Waals surface area contributed by atoms with Gasteiger partial charge < -0.3 is 24.1 Å². The number of benzene rings is 1. The summed E-state index contributed by atoms with van der Waals surface area (Å²) in [5.41, 5.74) is 2.71. The van der Waals surface area contributed by atoms with Crippen LogP contribution in [0.4, 0.5) is 0 Å². The minimum Gasteiger partial charge on any atom is -0.493 e. The summed E-state index contributed by atoms with van der Waals surface area (Å²) in [5.74, 6) is 1.49. The maximum atomic E-state index is 12.4. The van der Waals surface area contributed by atoms with Gasteiger partial charge in [-0.25, -0.2) is 0 Å². The summed E-state index contributed by atoms with van der Waals surface area (Å²) in [4.78, 5) is 14.3. The first-order chi connectivity index (χ1) is 13.6. The third kappa shape index (κ3) is 5.16. The van der Waals surface area contributed by atoms with Crippen LogP contribution in [0.2, 0.25) is 0 Å². The van der Waals surface area contributed by atoms with Gasteiger partial charge in [0.2, 0.25) is 0 Å². The lowest BCUT2D eigenvalue weighted by Crippen LogP contribution is -2.44. The van der Waals surface area contributed by atoms with Crippen molar-refractivity contribution in [2.75, 3.05) is 26.8 Å². The summed E-state index contributed by atoms with van der Waals surface area (Å²) in [7, 11) is 1.64. The van der Waals surface area contributed by atoms with Crippen LogP contribution in [0.3, 0.4) is 0 Å². The standard InChI is InChI=1S/C22H28N2O4/c1-16(2)14-28-21-12-17(4-5-20(21)26-3)13-23-19-6-9-24(10-7-19)22(25)18-8-11-27-15-18/h4-5,8,11-12,15,19,23H,1,6-7,9-10,13-14H2,2-3H3. The first kappa shape index (κ1) is 20.0. The number of amides is 1. The topological polar surface area (TPSA) is 63.9 Å². The van der Waals surface area contributed by atoms with Crippen LogP contribution in [0, 0.1) is 0 Å². The molecule has 0 radical (unpaired) electrons. The number of carbonyl (C=O) groups excluding carboxylic acids is 1. The number of rotatable bonds is 8. The van der Waals surface area contributed by atoms with Crippen molar-refractivity contribution >= 4 is 5.91 Å². The number of nitrogens with one attached hydrogen (secondary N) is 1. The molecular weight excluding hydrogens is 356 g/mol. The van der Waals surface area contributed by atoms with Crippen molar-refractivity contribution in [3.05, 3.63) is 60.1 Å². The Balaban J connectivity index is 1.50. The number of ether oxygens (including phenoxy) is 2.